The zero-order valence-electron chi connectivity index (χ0n) is 43.1. The lowest BCUT2D eigenvalue weighted by Gasteiger charge is -2.28. The minimum atomic E-state index is -1.28. The number of methoxy groups -OCH3 is 2. The van der Waals surface area contributed by atoms with E-state index in [1.54, 1.807) is 21.9 Å². The Morgan fingerprint density at radius 2 is 1.51 bits per heavy atom. The number of fused-ring (bicyclic) bond motifs is 3. The van der Waals surface area contributed by atoms with E-state index < -0.39 is 29.1 Å². The van der Waals surface area contributed by atoms with Crippen molar-refractivity contribution >= 4 is 62.9 Å². The summed E-state index contributed by atoms with van der Waals surface area (Å²) < 4.78 is 40.2. The largest absolute Gasteiger partial charge is 0.493 e. The molecule has 2 heterocycles. The summed E-state index contributed by atoms with van der Waals surface area (Å²) in [6.45, 7) is 12.4. The number of allylic oxidation sites excluding steroid dienone is 1. The number of aromatic carboxylic acids is 1. The lowest BCUT2D eigenvalue weighted by Crippen LogP contribution is -2.42. The van der Waals surface area contributed by atoms with Gasteiger partial charge in [-0.2, -0.15) is 0 Å². The summed E-state index contributed by atoms with van der Waals surface area (Å²) >= 11 is 0. The molecule has 2 atom stereocenters. The standard InChI is InChI=1S/C55H67N5O13S2/c1-7-20-57-49(61)19-25-74-75-55(3,4)33-73-53(65)58-44-30-48(46(68-6)28-41(44)52(63)64)70-23-14-8-13-22-69-47-29-43(56)40(27-45(47)67-5)50(62)60-31-35(26-34(60)2)51-59(21-24-71-51)54(66)72-32-42-38-17-11-9-15-36(38)37-16-10-12-18-39(37)42/h9-12,15-18,27-30,35,42,51H,2,7-8,13-14,19-26,31-33,56H2,1,3-6H3,(H,57,61)(H,58,65)(H,63,64)/t35-,51?/m1/s1. The highest BCUT2D eigenvalue weighted by Gasteiger charge is 2.43. The van der Waals surface area contributed by atoms with E-state index in [0.29, 0.717) is 81.4 Å². The quantitative estimate of drug-likeness (QED) is 0.0275. The number of nitrogens with two attached hydrogens (primary N) is 1. The molecule has 4 amide bonds. The van der Waals surface area contributed by atoms with Crippen molar-refractivity contribution in [3.8, 4) is 34.1 Å². The number of carbonyl (C=O) groups excluding carboxylic acids is 4. The van der Waals surface area contributed by atoms with Gasteiger partial charge in [0.05, 0.1) is 62.1 Å². The molecule has 0 aromatic heterocycles. The van der Waals surface area contributed by atoms with Gasteiger partial charge in [-0.25, -0.2) is 14.4 Å². The minimum Gasteiger partial charge on any atom is -0.493 e. The van der Waals surface area contributed by atoms with Crippen LogP contribution in [0.15, 0.2) is 85.1 Å². The first kappa shape index (κ1) is 56.0. The van der Waals surface area contributed by atoms with E-state index in [1.165, 1.54) is 47.9 Å². The number of carboxylic acid groups (broad SMARTS) is 1. The highest BCUT2D eigenvalue weighted by molar-refractivity contribution is 8.77. The van der Waals surface area contributed by atoms with Crippen molar-refractivity contribution in [1.29, 1.82) is 0 Å². The van der Waals surface area contributed by atoms with Crippen molar-refractivity contribution in [2.24, 2.45) is 5.92 Å². The van der Waals surface area contributed by atoms with Crippen LogP contribution in [0.25, 0.3) is 11.1 Å². The molecule has 75 heavy (non-hydrogen) atoms. The molecule has 1 unspecified atom stereocenters. The molecule has 0 bridgehead atoms. The molecule has 0 spiro atoms. The van der Waals surface area contributed by atoms with Gasteiger partial charge in [-0.05, 0) is 74.3 Å². The minimum absolute atomic E-state index is 0.00809. The van der Waals surface area contributed by atoms with E-state index in [-0.39, 0.29) is 84.0 Å². The molecule has 0 radical (unpaired) electrons. The normalized spacial score (nSPS) is 16.0. The first-order valence-corrected chi connectivity index (χ1v) is 27.4. The van der Waals surface area contributed by atoms with Gasteiger partial charge in [-0.1, -0.05) is 83.6 Å². The lowest BCUT2D eigenvalue weighted by molar-refractivity contribution is -0.120. The number of anilines is 2. The van der Waals surface area contributed by atoms with Gasteiger partial charge in [-0.15, -0.1) is 0 Å². The number of hydrogen-bond donors (Lipinski definition) is 4. The maximum Gasteiger partial charge on any atom is 0.411 e. The highest BCUT2D eigenvalue weighted by atomic mass is 33.1. The van der Waals surface area contributed by atoms with Crippen molar-refractivity contribution in [3.05, 3.63) is 107 Å². The second-order valence-electron chi connectivity index (χ2n) is 18.9. The Balaban J connectivity index is 0.858. The number of nitrogens with zero attached hydrogens (tertiary/aromatic N) is 2. The fourth-order valence-corrected chi connectivity index (χ4v) is 11.5. The molecular weight excluding hydrogens is 1000 g/mol. The molecule has 1 aliphatic carbocycles. The number of amides is 4. The smallest absolute Gasteiger partial charge is 0.411 e. The van der Waals surface area contributed by atoms with E-state index in [0.717, 1.165) is 28.7 Å². The third-order valence-corrected chi connectivity index (χ3v) is 16.2. The molecule has 18 nitrogen and oxygen atoms in total. The molecule has 2 fully saturated rings. The van der Waals surface area contributed by atoms with Crippen LogP contribution in [0.2, 0.25) is 0 Å². The van der Waals surface area contributed by atoms with E-state index in [2.05, 4.69) is 41.5 Å². The van der Waals surface area contributed by atoms with E-state index in [4.69, 9.17) is 38.9 Å². The number of rotatable bonds is 25. The van der Waals surface area contributed by atoms with Gasteiger partial charge in [0, 0.05) is 66.7 Å². The summed E-state index contributed by atoms with van der Waals surface area (Å²) in [6, 6.07) is 22.2. The third kappa shape index (κ3) is 14.1. The number of hydrogen-bond acceptors (Lipinski definition) is 15. The molecule has 5 N–H and O–H groups in total. The summed E-state index contributed by atoms with van der Waals surface area (Å²) in [4.78, 5) is 67.9. The Bertz CT molecular complexity index is 2680. The van der Waals surface area contributed by atoms with Gasteiger partial charge >= 0.3 is 18.2 Å². The lowest BCUT2D eigenvalue weighted by atomic mass is 9.98. The number of benzene rings is 4. The van der Waals surface area contributed by atoms with Crippen LogP contribution in [-0.2, 0) is 19.0 Å². The molecule has 7 rings (SSSR count). The van der Waals surface area contributed by atoms with Crippen molar-refractivity contribution in [2.45, 2.75) is 76.2 Å². The number of ether oxygens (including phenoxy) is 7. The second kappa shape index (κ2) is 26.1. The van der Waals surface area contributed by atoms with Gasteiger partial charge in [-0.3, -0.25) is 19.8 Å². The maximum atomic E-state index is 14.1. The summed E-state index contributed by atoms with van der Waals surface area (Å²) in [5, 5.41) is 15.3. The summed E-state index contributed by atoms with van der Waals surface area (Å²) in [5.41, 5.74) is 11.8. The van der Waals surface area contributed by atoms with Crippen molar-refractivity contribution < 1.29 is 62.2 Å². The van der Waals surface area contributed by atoms with Crippen LogP contribution in [0.4, 0.5) is 21.0 Å². The zero-order chi connectivity index (χ0) is 53.6. The van der Waals surface area contributed by atoms with Crippen molar-refractivity contribution in [3.63, 3.8) is 0 Å². The Kier molecular flexibility index (Phi) is 19.5. The Morgan fingerprint density at radius 1 is 0.867 bits per heavy atom. The highest BCUT2D eigenvalue weighted by Crippen LogP contribution is 2.45. The Morgan fingerprint density at radius 3 is 2.15 bits per heavy atom. The Labute approximate surface area is 445 Å². The molecule has 402 valence electrons. The molecule has 4 aromatic carbocycles. The van der Waals surface area contributed by atoms with Gasteiger partial charge in [0.1, 0.15) is 19.4 Å². The topological polar surface area (TPSA) is 227 Å². The van der Waals surface area contributed by atoms with Crippen LogP contribution in [0.3, 0.4) is 0 Å². The first-order valence-electron chi connectivity index (χ1n) is 25.0. The molecular formula is C55H67N5O13S2. The summed E-state index contributed by atoms with van der Waals surface area (Å²) in [6.07, 6.45) is 1.66. The molecule has 20 heteroatoms. The second-order valence-corrected chi connectivity index (χ2v) is 22.0. The predicted octanol–water partition coefficient (Wildman–Crippen LogP) is 9.82. The molecule has 2 aliphatic heterocycles. The van der Waals surface area contributed by atoms with Crippen LogP contribution >= 0.6 is 21.6 Å². The van der Waals surface area contributed by atoms with Crippen molar-refractivity contribution in [2.75, 3.05) is 83.7 Å². The van der Waals surface area contributed by atoms with Crippen molar-refractivity contribution in [1.82, 2.24) is 15.1 Å². The SMILES string of the molecule is C=C1C[C@@H](C2OCCN2C(=O)OCC2c3ccccc3-c3ccccc32)CN1C(=O)c1cc(OC)c(OCCCCCOc2cc(NC(=O)OCC(C)(C)SSCCC(=O)NCCC)c(C(=O)O)cc2OC)cc1N. The van der Waals surface area contributed by atoms with Crippen LogP contribution in [0, 0.1) is 5.92 Å². The van der Waals surface area contributed by atoms with Crippen LogP contribution in [0.5, 0.6) is 23.0 Å². The van der Waals surface area contributed by atoms with E-state index in [1.807, 2.05) is 45.0 Å². The van der Waals surface area contributed by atoms with E-state index >= 15 is 0 Å². The number of likely N-dealkylation sites (tertiary alicyclic amines) is 1. The van der Waals surface area contributed by atoms with Gasteiger partial charge in [0.2, 0.25) is 5.91 Å². The van der Waals surface area contributed by atoms with Gasteiger partial charge in [0.25, 0.3) is 5.91 Å². The number of carbonyl (C=O) groups is 5. The fraction of sp³-hybridized carbons (Fsp3) is 0.436. The third-order valence-electron chi connectivity index (χ3n) is 12.9. The Hall–Kier alpha value is -6.77. The number of nitrogen functional groups attached to an aromatic ring is 1. The summed E-state index contributed by atoms with van der Waals surface area (Å²) in [7, 11) is 5.87. The average Bonchev–Trinajstić information content (AvgIpc) is 4.13. The van der Waals surface area contributed by atoms with Crippen LogP contribution in [-0.4, -0.2) is 128 Å². The number of unbranched alkanes of at least 4 members (excludes halogenated alkanes) is 2. The first-order chi connectivity index (χ1) is 36.1. The molecule has 4 aromatic rings. The average molecular weight is 1070 g/mol. The number of carboxylic acids is 1. The summed E-state index contributed by atoms with van der Waals surface area (Å²) in [5.74, 6) is -0.285. The van der Waals surface area contributed by atoms with Crippen LogP contribution in [0.1, 0.15) is 97.1 Å². The predicted molar refractivity (Wildman–Crippen MR) is 289 cm³/mol. The molecule has 2 saturated heterocycles. The monoisotopic (exact) mass is 1070 g/mol. The zero-order valence-corrected chi connectivity index (χ0v) is 44.7. The molecule has 0 saturated carbocycles. The number of nitrogens with one attached hydrogen (secondary N) is 2. The fourth-order valence-electron chi connectivity index (χ4n) is 9.14. The maximum absolute atomic E-state index is 14.1. The van der Waals surface area contributed by atoms with Gasteiger partial charge in [0.15, 0.2) is 23.0 Å². The van der Waals surface area contributed by atoms with Gasteiger partial charge < -0.3 is 54.2 Å². The van der Waals surface area contributed by atoms with E-state index in [9.17, 15) is 29.1 Å². The molecule has 3 aliphatic rings. The van der Waals surface area contributed by atoms with Crippen LogP contribution < -0.4 is 35.3 Å².